The molecule has 27 heavy (non-hydrogen) atoms. The summed E-state index contributed by atoms with van der Waals surface area (Å²) < 4.78 is 10.1. The predicted octanol–water partition coefficient (Wildman–Crippen LogP) is 3.52. The number of hydrogen-bond acceptors (Lipinski definition) is 7. The van der Waals surface area contributed by atoms with Crippen molar-refractivity contribution >= 4 is 34.5 Å². The Morgan fingerprint density at radius 1 is 1.15 bits per heavy atom. The molecule has 2 N–H and O–H groups in total. The Kier molecular flexibility index (Phi) is 5.82. The quantitative estimate of drug-likeness (QED) is 0.643. The van der Waals surface area contributed by atoms with Crippen LogP contribution in [0.25, 0.3) is 0 Å². The number of benzene rings is 1. The van der Waals surface area contributed by atoms with Crippen LogP contribution < -0.4 is 15.4 Å². The molecule has 0 saturated heterocycles. The molecule has 0 atom stereocenters. The molecule has 3 aromatic rings. The number of carbonyl (C=O) groups excluding carboxylic acids is 2. The van der Waals surface area contributed by atoms with E-state index in [4.69, 9.17) is 9.26 Å². The number of hydrogen-bond donors (Lipinski definition) is 2. The summed E-state index contributed by atoms with van der Waals surface area (Å²) in [6, 6.07) is 10.3. The third kappa shape index (κ3) is 5.14. The summed E-state index contributed by atoms with van der Waals surface area (Å²) in [7, 11) is 0. The minimum atomic E-state index is -0.366. The Morgan fingerprint density at radius 2 is 1.85 bits per heavy atom. The van der Waals surface area contributed by atoms with Crippen LogP contribution in [-0.2, 0) is 4.79 Å². The topological polar surface area (TPSA) is 106 Å². The van der Waals surface area contributed by atoms with Crippen molar-refractivity contribution in [1.29, 1.82) is 0 Å². The van der Waals surface area contributed by atoms with Gasteiger partial charge in [-0.1, -0.05) is 25.1 Å². The summed E-state index contributed by atoms with van der Waals surface area (Å²) in [6.07, 6.45) is -0.0412. The molecule has 0 aliphatic carbocycles. The van der Waals surface area contributed by atoms with Gasteiger partial charge in [0, 0.05) is 17.3 Å². The van der Waals surface area contributed by atoms with E-state index in [2.05, 4.69) is 20.8 Å². The first-order valence-electron chi connectivity index (χ1n) is 8.22. The monoisotopic (exact) mass is 386 g/mol. The van der Waals surface area contributed by atoms with E-state index in [9.17, 15) is 9.59 Å². The Labute approximate surface area is 159 Å². The Bertz CT molecular complexity index is 904. The molecule has 0 saturated carbocycles. The predicted molar refractivity (Wildman–Crippen MR) is 101 cm³/mol. The van der Waals surface area contributed by atoms with E-state index in [1.54, 1.807) is 30.3 Å². The highest BCUT2D eigenvalue weighted by molar-refractivity contribution is 7.12. The van der Waals surface area contributed by atoms with Crippen LogP contribution >= 0.6 is 11.3 Å². The van der Waals surface area contributed by atoms with Crippen molar-refractivity contribution in [3.63, 3.8) is 0 Å². The van der Waals surface area contributed by atoms with Crippen LogP contribution in [0.1, 0.15) is 35.3 Å². The van der Waals surface area contributed by atoms with Crippen LogP contribution in [0.2, 0.25) is 0 Å². The number of carbonyl (C=O) groups is 2. The molecule has 0 bridgehead atoms. The summed E-state index contributed by atoms with van der Waals surface area (Å²) in [5.74, 6) is 0.0921. The number of nitrogens with one attached hydrogen (secondary N) is 2. The van der Waals surface area contributed by atoms with Crippen molar-refractivity contribution < 1.29 is 18.8 Å². The van der Waals surface area contributed by atoms with E-state index < -0.39 is 0 Å². The van der Waals surface area contributed by atoms with E-state index in [1.807, 2.05) is 25.3 Å². The van der Waals surface area contributed by atoms with Crippen LogP contribution in [0, 0.1) is 0 Å². The van der Waals surface area contributed by atoms with Gasteiger partial charge in [0.2, 0.25) is 0 Å². The van der Waals surface area contributed by atoms with Gasteiger partial charge in [0.25, 0.3) is 11.8 Å². The second-order valence-corrected chi connectivity index (χ2v) is 6.87. The smallest absolute Gasteiger partial charge is 0.417 e. The average molecular weight is 386 g/mol. The molecule has 140 valence electrons. The zero-order valence-corrected chi connectivity index (χ0v) is 15.6. The minimum Gasteiger partial charge on any atom is -0.439 e. The molecule has 2 heterocycles. The zero-order chi connectivity index (χ0) is 19.2. The fourth-order valence-electron chi connectivity index (χ4n) is 2.08. The number of ether oxygens (including phenoxy) is 1. The minimum absolute atomic E-state index is 0.0412. The SMILES string of the molecule is CC(C)c1noc(OCC(=O)Nc2ccc(NC(=O)c3cccs3)cc2)n1. The molecule has 0 spiro atoms. The van der Waals surface area contributed by atoms with Gasteiger partial charge in [-0.15, -0.1) is 11.3 Å². The zero-order valence-electron chi connectivity index (χ0n) is 14.8. The van der Waals surface area contributed by atoms with Crippen molar-refractivity contribution in [2.75, 3.05) is 17.2 Å². The van der Waals surface area contributed by atoms with Gasteiger partial charge < -0.3 is 15.4 Å². The molecule has 2 amide bonds. The van der Waals surface area contributed by atoms with Crippen molar-refractivity contribution in [2.24, 2.45) is 0 Å². The second-order valence-electron chi connectivity index (χ2n) is 5.92. The lowest BCUT2D eigenvalue weighted by molar-refractivity contribution is -0.118. The Balaban J connectivity index is 1.48. The van der Waals surface area contributed by atoms with Gasteiger partial charge in [-0.2, -0.15) is 4.98 Å². The molecule has 8 nitrogen and oxygen atoms in total. The summed E-state index contributed by atoms with van der Waals surface area (Å²) >= 11 is 1.37. The van der Waals surface area contributed by atoms with Crippen LogP contribution in [0.3, 0.4) is 0 Å². The molecule has 1 aromatic carbocycles. The number of amides is 2. The number of thiophene rings is 1. The van der Waals surface area contributed by atoms with Gasteiger partial charge in [-0.05, 0) is 35.7 Å². The fourth-order valence-corrected chi connectivity index (χ4v) is 2.69. The lowest BCUT2D eigenvalue weighted by Crippen LogP contribution is -2.20. The molecule has 0 aliphatic rings. The summed E-state index contributed by atoms with van der Waals surface area (Å²) in [5.41, 5.74) is 1.21. The van der Waals surface area contributed by atoms with E-state index in [0.29, 0.717) is 22.1 Å². The first-order valence-corrected chi connectivity index (χ1v) is 9.10. The molecule has 0 unspecified atom stereocenters. The highest BCUT2D eigenvalue weighted by atomic mass is 32.1. The third-order valence-electron chi connectivity index (χ3n) is 3.44. The fraction of sp³-hybridized carbons (Fsp3) is 0.222. The number of anilines is 2. The average Bonchev–Trinajstić information content (AvgIpc) is 3.33. The molecule has 9 heteroatoms. The van der Waals surface area contributed by atoms with Crippen molar-refractivity contribution in [3.05, 3.63) is 52.5 Å². The van der Waals surface area contributed by atoms with Crippen molar-refractivity contribution in [3.8, 4) is 6.08 Å². The molecule has 2 aromatic heterocycles. The molecule has 0 radical (unpaired) electrons. The van der Waals surface area contributed by atoms with Gasteiger partial charge in [0.15, 0.2) is 12.4 Å². The number of rotatable bonds is 7. The van der Waals surface area contributed by atoms with Crippen LogP contribution in [0.15, 0.2) is 46.3 Å². The first kappa shape index (κ1) is 18.6. The van der Waals surface area contributed by atoms with E-state index in [0.717, 1.165) is 0 Å². The van der Waals surface area contributed by atoms with Crippen LogP contribution in [-0.4, -0.2) is 28.6 Å². The maximum Gasteiger partial charge on any atom is 0.417 e. The van der Waals surface area contributed by atoms with E-state index >= 15 is 0 Å². The normalized spacial score (nSPS) is 10.6. The lowest BCUT2D eigenvalue weighted by atomic mass is 10.2. The number of nitrogens with zero attached hydrogens (tertiary/aromatic N) is 2. The Hall–Kier alpha value is -3.20. The molecule has 3 rings (SSSR count). The molecular formula is C18H18N4O4S. The highest BCUT2D eigenvalue weighted by Crippen LogP contribution is 2.17. The summed E-state index contributed by atoms with van der Waals surface area (Å²) in [4.78, 5) is 28.6. The Morgan fingerprint density at radius 3 is 2.44 bits per heavy atom. The summed E-state index contributed by atoms with van der Waals surface area (Å²) in [5, 5.41) is 11.1. The first-order chi connectivity index (χ1) is 13.0. The lowest BCUT2D eigenvalue weighted by Gasteiger charge is -2.07. The van der Waals surface area contributed by atoms with E-state index in [1.165, 1.54) is 11.3 Å². The number of aromatic nitrogens is 2. The molecule has 0 fully saturated rings. The van der Waals surface area contributed by atoms with Gasteiger partial charge in [0.05, 0.1) is 4.88 Å². The third-order valence-corrected chi connectivity index (χ3v) is 4.31. The van der Waals surface area contributed by atoms with Crippen LogP contribution in [0.5, 0.6) is 6.08 Å². The summed E-state index contributed by atoms with van der Waals surface area (Å²) in [6.45, 7) is 3.60. The maximum absolute atomic E-state index is 12.0. The second kappa shape index (κ2) is 8.45. The highest BCUT2D eigenvalue weighted by Gasteiger charge is 2.12. The van der Waals surface area contributed by atoms with Gasteiger partial charge in [-0.25, -0.2) is 0 Å². The van der Waals surface area contributed by atoms with E-state index in [-0.39, 0.29) is 30.4 Å². The van der Waals surface area contributed by atoms with Crippen molar-refractivity contribution in [2.45, 2.75) is 19.8 Å². The standard InChI is InChI=1S/C18H18N4O4S/c1-11(2)16-21-18(26-22-16)25-10-15(23)19-12-5-7-13(8-6-12)20-17(24)14-4-3-9-27-14/h3-9,11H,10H2,1-2H3,(H,19,23)(H,20,24). The maximum atomic E-state index is 12.0. The van der Waals surface area contributed by atoms with Gasteiger partial charge in [-0.3, -0.25) is 14.1 Å². The molecule has 0 aliphatic heterocycles. The molecular weight excluding hydrogens is 368 g/mol. The largest absolute Gasteiger partial charge is 0.439 e. The van der Waals surface area contributed by atoms with Gasteiger partial charge >= 0.3 is 6.08 Å². The van der Waals surface area contributed by atoms with Gasteiger partial charge in [0.1, 0.15) is 0 Å². The van der Waals surface area contributed by atoms with Crippen LogP contribution in [0.4, 0.5) is 11.4 Å². The van der Waals surface area contributed by atoms with Crippen molar-refractivity contribution in [1.82, 2.24) is 10.1 Å².